The van der Waals surface area contributed by atoms with Crippen LogP contribution in [0.2, 0.25) is 0 Å². The molecule has 2 N–H and O–H groups in total. The van der Waals surface area contributed by atoms with Crippen LogP contribution >= 0.6 is 0 Å². The summed E-state index contributed by atoms with van der Waals surface area (Å²) < 4.78 is 1.83. The predicted octanol–water partition coefficient (Wildman–Crippen LogP) is 3.30. The van der Waals surface area contributed by atoms with E-state index in [2.05, 4.69) is 27.2 Å². The Morgan fingerprint density at radius 3 is 2.85 bits per heavy atom. The van der Waals surface area contributed by atoms with Gasteiger partial charge in [-0.05, 0) is 49.2 Å². The number of aromatic nitrogens is 4. The van der Waals surface area contributed by atoms with Gasteiger partial charge in [0.1, 0.15) is 12.1 Å². The molecule has 0 atom stereocenters. The van der Waals surface area contributed by atoms with Crippen molar-refractivity contribution in [2.75, 3.05) is 0 Å². The first-order valence-corrected chi connectivity index (χ1v) is 8.42. The maximum atomic E-state index is 12.5. The highest BCUT2D eigenvalue weighted by Gasteiger charge is 2.10. The molecule has 0 aliphatic heterocycles. The Morgan fingerprint density at radius 2 is 2.12 bits per heavy atom. The van der Waals surface area contributed by atoms with Gasteiger partial charge >= 0.3 is 0 Å². The molecule has 0 saturated carbocycles. The lowest BCUT2D eigenvalue weighted by molar-refractivity contribution is 0.0951. The van der Waals surface area contributed by atoms with Gasteiger partial charge in [0.2, 0.25) is 0 Å². The van der Waals surface area contributed by atoms with Crippen LogP contribution in [-0.2, 0) is 6.54 Å². The Balaban J connectivity index is 1.46. The third-order valence-corrected chi connectivity index (χ3v) is 4.60. The molecule has 4 aromatic rings. The van der Waals surface area contributed by atoms with Crippen LogP contribution in [0.3, 0.4) is 0 Å². The van der Waals surface area contributed by atoms with Crippen molar-refractivity contribution in [3.8, 4) is 5.82 Å². The number of rotatable bonds is 4. The molecule has 0 aliphatic carbocycles. The van der Waals surface area contributed by atoms with Crippen molar-refractivity contribution in [1.82, 2.24) is 24.8 Å². The monoisotopic (exact) mass is 345 g/mol. The van der Waals surface area contributed by atoms with Gasteiger partial charge in [-0.3, -0.25) is 9.36 Å². The first-order chi connectivity index (χ1) is 12.6. The summed E-state index contributed by atoms with van der Waals surface area (Å²) in [4.78, 5) is 24.2. The Bertz CT molecular complexity index is 1060. The quantitative estimate of drug-likeness (QED) is 0.596. The molecule has 3 aromatic heterocycles. The van der Waals surface area contributed by atoms with E-state index in [0.717, 1.165) is 28.0 Å². The zero-order chi connectivity index (χ0) is 18.1. The fourth-order valence-corrected chi connectivity index (χ4v) is 2.96. The van der Waals surface area contributed by atoms with Crippen LogP contribution < -0.4 is 5.32 Å². The summed E-state index contributed by atoms with van der Waals surface area (Å²) in [6.45, 7) is 4.53. The molecule has 0 spiro atoms. The number of imidazole rings is 1. The van der Waals surface area contributed by atoms with Gasteiger partial charge in [-0.25, -0.2) is 9.97 Å². The minimum atomic E-state index is -0.0937. The summed E-state index contributed by atoms with van der Waals surface area (Å²) >= 11 is 0. The molecular formula is C20H19N5O. The molecule has 0 radical (unpaired) electrons. The second-order valence-corrected chi connectivity index (χ2v) is 6.31. The van der Waals surface area contributed by atoms with Crippen LogP contribution in [0.1, 0.15) is 27.2 Å². The van der Waals surface area contributed by atoms with E-state index in [1.54, 1.807) is 18.7 Å². The number of hydrogen-bond acceptors (Lipinski definition) is 3. The van der Waals surface area contributed by atoms with Crippen LogP contribution in [0.4, 0.5) is 0 Å². The summed E-state index contributed by atoms with van der Waals surface area (Å²) in [5, 5.41) is 4.04. The number of benzene rings is 1. The summed E-state index contributed by atoms with van der Waals surface area (Å²) in [5.41, 5.74) is 4.95. The van der Waals surface area contributed by atoms with E-state index in [9.17, 15) is 4.79 Å². The molecule has 4 rings (SSSR count). The van der Waals surface area contributed by atoms with E-state index in [-0.39, 0.29) is 5.91 Å². The number of carbonyl (C=O) groups is 1. The smallest absolute Gasteiger partial charge is 0.251 e. The van der Waals surface area contributed by atoms with Gasteiger partial charge < -0.3 is 10.3 Å². The van der Waals surface area contributed by atoms with Crippen molar-refractivity contribution in [3.63, 3.8) is 0 Å². The lowest BCUT2D eigenvalue weighted by Crippen LogP contribution is -2.22. The highest BCUT2D eigenvalue weighted by Crippen LogP contribution is 2.22. The Morgan fingerprint density at radius 1 is 1.23 bits per heavy atom. The van der Waals surface area contributed by atoms with Crippen LogP contribution in [-0.4, -0.2) is 25.4 Å². The van der Waals surface area contributed by atoms with Crippen LogP contribution in [0.5, 0.6) is 0 Å². The van der Waals surface area contributed by atoms with E-state index < -0.39 is 0 Å². The molecular weight excluding hydrogens is 326 g/mol. The van der Waals surface area contributed by atoms with Crippen molar-refractivity contribution in [2.24, 2.45) is 0 Å². The van der Waals surface area contributed by atoms with Crippen LogP contribution in [0, 0.1) is 13.8 Å². The Labute approximate surface area is 150 Å². The van der Waals surface area contributed by atoms with Crippen molar-refractivity contribution >= 4 is 16.8 Å². The molecule has 0 fully saturated rings. The number of fused-ring (bicyclic) bond motifs is 1. The zero-order valence-corrected chi connectivity index (χ0v) is 14.7. The first kappa shape index (κ1) is 16.1. The molecule has 26 heavy (non-hydrogen) atoms. The topological polar surface area (TPSA) is 75.6 Å². The number of nitrogens with one attached hydrogen (secondary N) is 2. The predicted molar refractivity (Wildman–Crippen MR) is 100 cm³/mol. The fourth-order valence-electron chi connectivity index (χ4n) is 2.96. The van der Waals surface area contributed by atoms with Crippen molar-refractivity contribution in [2.45, 2.75) is 20.4 Å². The normalized spacial score (nSPS) is 11.0. The molecule has 6 heteroatoms. The highest BCUT2D eigenvalue weighted by atomic mass is 16.1. The average molecular weight is 345 g/mol. The molecule has 0 unspecified atom stereocenters. The largest absolute Gasteiger partial charge is 0.358 e. The number of nitrogens with zero attached hydrogens (tertiary/aromatic N) is 3. The number of H-pyrrole nitrogens is 1. The number of aryl methyl sites for hydroxylation is 2. The molecule has 1 aromatic carbocycles. The molecule has 0 bridgehead atoms. The van der Waals surface area contributed by atoms with Gasteiger partial charge in [-0.15, -0.1) is 0 Å². The van der Waals surface area contributed by atoms with Crippen molar-refractivity contribution < 1.29 is 4.79 Å². The van der Waals surface area contributed by atoms with Gasteiger partial charge in [0.15, 0.2) is 0 Å². The van der Waals surface area contributed by atoms with E-state index >= 15 is 0 Å². The SMILES string of the molecule is Cc1[nH]c2ccc(C(=O)NCc3ccc(-n4ccnc4)nc3)cc2c1C. The molecule has 0 aliphatic rings. The Kier molecular flexibility index (Phi) is 4.01. The van der Waals surface area contributed by atoms with Crippen molar-refractivity contribution in [3.05, 3.63) is 77.6 Å². The first-order valence-electron chi connectivity index (χ1n) is 8.42. The molecule has 6 nitrogen and oxygen atoms in total. The third kappa shape index (κ3) is 2.97. The van der Waals surface area contributed by atoms with Crippen LogP contribution in [0.15, 0.2) is 55.2 Å². The van der Waals surface area contributed by atoms with Gasteiger partial charge in [0.25, 0.3) is 5.91 Å². The minimum Gasteiger partial charge on any atom is -0.358 e. The van der Waals surface area contributed by atoms with E-state index in [1.165, 1.54) is 5.56 Å². The van der Waals surface area contributed by atoms with Gasteiger partial charge in [-0.2, -0.15) is 0 Å². The van der Waals surface area contributed by atoms with Gasteiger partial charge in [-0.1, -0.05) is 6.07 Å². The Hall–Kier alpha value is -3.41. The molecule has 1 amide bonds. The maximum absolute atomic E-state index is 12.5. The summed E-state index contributed by atoms with van der Waals surface area (Å²) in [6, 6.07) is 9.58. The average Bonchev–Trinajstić information content (AvgIpc) is 3.29. The molecule has 130 valence electrons. The lowest BCUT2D eigenvalue weighted by atomic mass is 10.1. The van der Waals surface area contributed by atoms with E-state index in [1.807, 2.05) is 48.0 Å². The summed E-state index contributed by atoms with van der Waals surface area (Å²) in [6.07, 6.45) is 7.01. The number of amides is 1. The standard InChI is InChI=1S/C20H19N5O/c1-13-14(2)24-18-5-4-16(9-17(13)18)20(26)23-11-15-3-6-19(22-10-15)25-8-7-21-12-25/h3-10,12,24H,11H2,1-2H3,(H,23,26). The summed E-state index contributed by atoms with van der Waals surface area (Å²) in [5.74, 6) is 0.699. The molecule has 0 saturated heterocycles. The lowest BCUT2D eigenvalue weighted by Gasteiger charge is -2.07. The van der Waals surface area contributed by atoms with Crippen LogP contribution in [0.25, 0.3) is 16.7 Å². The van der Waals surface area contributed by atoms with E-state index in [4.69, 9.17) is 0 Å². The third-order valence-electron chi connectivity index (χ3n) is 4.60. The number of hydrogen-bond donors (Lipinski definition) is 2. The zero-order valence-electron chi connectivity index (χ0n) is 14.7. The second kappa shape index (κ2) is 6.48. The minimum absolute atomic E-state index is 0.0937. The van der Waals surface area contributed by atoms with Gasteiger partial charge in [0.05, 0.1) is 0 Å². The molecule has 3 heterocycles. The summed E-state index contributed by atoms with van der Waals surface area (Å²) in [7, 11) is 0. The number of carbonyl (C=O) groups excluding carboxylic acids is 1. The number of pyridine rings is 1. The number of aromatic amines is 1. The highest BCUT2D eigenvalue weighted by molar-refractivity contribution is 5.99. The maximum Gasteiger partial charge on any atom is 0.251 e. The van der Waals surface area contributed by atoms with E-state index in [0.29, 0.717) is 12.1 Å². The van der Waals surface area contributed by atoms with Gasteiger partial charge in [0, 0.05) is 47.3 Å². The van der Waals surface area contributed by atoms with Crippen molar-refractivity contribution in [1.29, 1.82) is 0 Å². The second-order valence-electron chi connectivity index (χ2n) is 6.31. The fraction of sp³-hybridized carbons (Fsp3) is 0.150.